The minimum absolute atomic E-state index is 0.376. The van der Waals surface area contributed by atoms with Crippen LogP contribution in [-0.4, -0.2) is 29.5 Å². The van der Waals surface area contributed by atoms with E-state index >= 15 is 0 Å². The van der Waals surface area contributed by atoms with E-state index in [1.165, 1.54) is 42.1 Å². The molecule has 1 aromatic carbocycles. The van der Waals surface area contributed by atoms with Crippen LogP contribution in [0.25, 0.3) is 0 Å². The maximum absolute atomic E-state index is 2.62. The Kier molecular flexibility index (Phi) is 6.19. The lowest BCUT2D eigenvalue weighted by molar-refractivity contribution is 0.321. The number of hydrogen-bond acceptors (Lipinski definition) is 2. The fourth-order valence-electron chi connectivity index (χ4n) is 3.11. The highest BCUT2D eigenvalue weighted by Gasteiger charge is 2.22. The van der Waals surface area contributed by atoms with E-state index < -0.39 is 0 Å². The largest absolute Gasteiger partial charge is 0.299 e. The predicted molar refractivity (Wildman–Crippen MR) is 96.0 cm³/mol. The molecule has 1 nitrogen and oxygen atoms in total. The van der Waals surface area contributed by atoms with Gasteiger partial charge in [-0.1, -0.05) is 52.0 Å². The number of likely N-dealkylation sites (tertiary alicyclic amines) is 1. The van der Waals surface area contributed by atoms with Gasteiger partial charge in [0.15, 0.2) is 0 Å². The van der Waals surface area contributed by atoms with Gasteiger partial charge in [-0.15, -0.1) is 0 Å². The van der Waals surface area contributed by atoms with E-state index in [2.05, 4.69) is 68.6 Å². The molecule has 0 bridgehead atoms. The van der Waals surface area contributed by atoms with Crippen molar-refractivity contribution in [2.24, 2.45) is 11.3 Å². The van der Waals surface area contributed by atoms with E-state index in [9.17, 15) is 0 Å². The lowest BCUT2D eigenvalue weighted by atomic mass is 9.88. The van der Waals surface area contributed by atoms with Gasteiger partial charge in [0, 0.05) is 13.1 Å². The average molecular weight is 306 g/mol. The topological polar surface area (TPSA) is 3.24 Å². The number of nitrogens with zero attached hydrogens (tertiary/aromatic N) is 1. The number of thioether (sulfide) groups is 1. The third-order valence-electron chi connectivity index (χ3n) is 4.09. The van der Waals surface area contributed by atoms with Crippen LogP contribution in [-0.2, 0) is 13.0 Å². The van der Waals surface area contributed by atoms with Crippen LogP contribution in [0.5, 0.6) is 0 Å². The van der Waals surface area contributed by atoms with Crippen LogP contribution in [0.1, 0.15) is 45.2 Å². The van der Waals surface area contributed by atoms with Crippen LogP contribution < -0.4 is 0 Å². The molecule has 1 saturated heterocycles. The van der Waals surface area contributed by atoms with Crippen molar-refractivity contribution < 1.29 is 0 Å². The summed E-state index contributed by atoms with van der Waals surface area (Å²) in [6.07, 6.45) is 2.54. The van der Waals surface area contributed by atoms with Crippen LogP contribution in [0.15, 0.2) is 24.3 Å². The monoisotopic (exact) mass is 305 g/mol. The van der Waals surface area contributed by atoms with E-state index in [1.807, 2.05) is 0 Å². The van der Waals surface area contributed by atoms with Crippen molar-refractivity contribution in [2.75, 3.05) is 24.6 Å². The smallest absolute Gasteiger partial charge is 0.0233 e. The predicted octanol–water partition coefficient (Wildman–Crippen LogP) is 4.85. The first-order valence-electron chi connectivity index (χ1n) is 8.34. The van der Waals surface area contributed by atoms with Gasteiger partial charge >= 0.3 is 0 Å². The van der Waals surface area contributed by atoms with Crippen LogP contribution in [0, 0.1) is 11.3 Å². The van der Waals surface area contributed by atoms with E-state index in [0.717, 1.165) is 18.9 Å². The fraction of sp³-hybridized carbons (Fsp3) is 0.684. The molecular weight excluding hydrogens is 274 g/mol. The molecule has 1 aliphatic heterocycles. The maximum Gasteiger partial charge on any atom is 0.0233 e. The van der Waals surface area contributed by atoms with Gasteiger partial charge < -0.3 is 0 Å². The van der Waals surface area contributed by atoms with Gasteiger partial charge in [0.05, 0.1) is 0 Å². The zero-order valence-corrected chi connectivity index (χ0v) is 15.0. The van der Waals surface area contributed by atoms with Crippen molar-refractivity contribution in [2.45, 2.75) is 47.1 Å². The second-order valence-electron chi connectivity index (χ2n) is 7.60. The molecule has 0 N–H and O–H groups in total. The van der Waals surface area contributed by atoms with Crippen molar-refractivity contribution in [1.29, 1.82) is 0 Å². The van der Waals surface area contributed by atoms with Gasteiger partial charge in [-0.3, -0.25) is 4.90 Å². The Morgan fingerprint density at radius 3 is 2.43 bits per heavy atom. The van der Waals surface area contributed by atoms with Gasteiger partial charge in [-0.05, 0) is 53.4 Å². The molecule has 2 heteroatoms. The van der Waals surface area contributed by atoms with Crippen LogP contribution in [0.2, 0.25) is 0 Å². The van der Waals surface area contributed by atoms with Crippen molar-refractivity contribution in [1.82, 2.24) is 4.90 Å². The molecule has 1 unspecified atom stereocenters. The molecule has 1 aromatic rings. The van der Waals surface area contributed by atoms with Gasteiger partial charge in [-0.2, -0.15) is 11.8 Å². The van der Waals surface area contributed by atoms with E-state index in [0.29, 0.717) is 5.41 Å². The summed E-state index contributed by atoms with van der Waals surface area (Å²) in [6.45, 7) is 12.9. The summed E-state index contributed by atoms with van der Waals surface area (Å²) in [7, 11) is 0. The molecule has 1 aliphatic rings. The number of rotatable bonds is 6. The number of hydrogen-bond donors (Lipinski definition) is 0. The highest BCUT2D eigenvalue weighted by Crippen LogP contribution is 2.24. The second kappa shape index (κ2) is 7.69. The Bertz CT molecular complexity index is 418. The SMILES string of the molecule is CCSCC1CCN(Cc2ccc(CC(C)(C)C)cc2)C1. The molecule has 1 fully saturated rings. The van der Waals surface area contributed by atoms with Gasteiger partial charge in [-0.25, -0.2) is 0 Å². The third kappa shape index (κ3) is 6.04. The molecule has 0 aromatic heterocycles. The number of benzene rings is 1. The molecule has 0 aliphatic carbocycles. The first kappa shape index (κ1) is 16.9. The summed E-state index contributed by atoms with van der Waals surface area (Å²) in [6, 6.07) is 9.30. The lowest BCUT2D eigenvalue weighted by Crippen LogP contribution is -2.20. The molecule has 0 amide bonds. The first-order chi connectivity index (χ1) is 9.96. The maximum atomic E-state index is 2.62. The molecule has 2 rings (SSSR count). The van der Waals surface area contributed by atoms with Crippen molar-refractivity contribution in [3.05, 3.63) is 35.4 Å². The minimum atomic E-state index is 0.376. The van der Waals surface area contributed by atoms with Gasteiger partial charge in [0.1, 0.15) is 0 Å². The molecule has 21 heavy (non-hydrogen) atoms. The lowest BCUT2D eigenvalue weighted by Gasteiger charge is -2.19. The summed E-state index contributed by atoms with van der Waals surface area (Å²) in [5.41, 5.74) is 3.31. The third-order valence-corrected chi connectivity index (χ3v) is 5.21. The van der Waals surface area contributed by atoms with Crippen LogP contribution in [0.3, 0.4) is 0 Å². The van der Waals surface area contributed by atoms with Gasteiger partial charge in [0.2, 0.25) is 0 Å². The van der Waals surface area contributed by atoms with E-state index in [4.69, 9.17) is 0 Å². The summed E-state index contributed by atoms with van der Waals surface area (Å²) in [5, 5.41) is 0. The van der Waals surface area contributed by atoms with E-state index in [-0.39, 0.29) is 0 Å². The molecule has 0 radical (unpaired) electrons. The molecular formula is C19H31NS. The Morgan fingerprint density at radius 1 is 1.14 bits per heavy atom. The van der Waals surface area contributed by atoms with Crippen molar-refractivity contribution in [3.8, 4) is 0 Å². The Balaban J connectivity index is 1.81. The van der Waals surface area contributed by atoms with Gasteiger partial charge in [0.25, 0.3) is 0 Å². The van der Waals surface area contributed by atoms with Crippen molar-refractivity contribution >= 4 is 11.8 Å². The molecule has 0 spiro atoms. The first-order valence-corrected chi connectivity index (χ1v) is 9.49. The normalized spacial score (nSPS) is 20.1. The molecule has 0 saturated carbocycles. The standard InChI is InChI=1S/C19H31NS/c1-5-21-15-18-10-11-20(14-18)13-17-8-6-16(7-9-17)12-19(2,3)4/h6-9,18H,5,10-15H2,1-4H3. The molecule has 1 heterocycles. The highest BCUT2D eigenvalue weighted by atomic mass is 32.2. The highest BCUT2D eigenvalue weighted by molar-refractivity contribution is 7.99. The van der Waals surface area contributed by atoms with Crippen molar-refractivity contribution in [3.63, 3.8) is 0 Å². The van der Waals surface area contributed by atoms with E-state index in [1.54, 1.807) is 0 Å². The summed E-state index contributed by atoms with van der Waals surface area (Å²) >= 11 is 2.09. The van der Waals surface area contributed by atoms with Crippen LogP contribution >= 0.6 is 11.8 Å². The summed E-state index contributed by atoms with van der Waals surface area (Å²) in [5.74, 6) is 3.51. The molecule has 1 atom stereocenters. The van der Waals surface area contributed by atoms with Crippen LogP contribution in [0.4, 0.5) is 0 Å². The zero-order valence-electron chi connectivity index (χ0n) is 14.2. The Hall–Kier alpha value is -0.470. The quantitative estimate of drug-likeness (QED) is 0.739. The summed E-state index contributed by atoms with van der Waals surface area (Å²) < 4.78 is 0. The zero-order chi connectivity index (χ0) is 15.3. The Morgan fingerprint density at radius 2 is 1.81 bits per heavy atom. The molecule has 118 valence electrons. The average Bonchev–Trinajstić information content (AvgIpc) is 2.85. The Labute approximate surface area is 135 Å². The fourth-order valence-corrected chi connectivity index (χ4v) is 3.95. The summed E-state index contributed by atoms with van der Waals surface area (Å²) in [4.78, 5) is 2.62. The minimum Gasteiger partial charge on any atom is -0.299 e. The second-order valence-corrected chi connectivity index (χ2v) is 8.92.